The number of ketones is 1. The van der Waals surface area contributed by atoms with Crippen LogP contribution >= 0.6 is 0 Å². The zero-order valence-electron chi connectivity index (χ0n) is 16.9. The highest BCUT2D eigenvalue weighted by atomic mass is 32.2. The number of hydrogen-bond donors (Lipinski definition) is 2. The molecule has 4 atom stereocenters. The summed E-state index contributed by atoms with van der Waals surface area (Å²) in [7, 11) is -3.86. The van der Waals surface area contributed by atoms with Crippen LogP contribution in [0.3, 0.4) is 0 Å². The molecule has 0 radical (unpaired) electrons. The molecule has 2 bridgehead atoms. The Labute approximate surface area is 181 Å². The Hall–Kier alpha value is -2.60. The summed E-state index contributed by atoms with van der Waals surface area (Å²) in [4.78, 5) is 12.6. The first-order valence-electron chi connectivity index (χ1n) is 10.3. The molecule has 1 heterocycles. The molecule has 1 aliphatic heterocycles. The second kappa shape index (κ2) is 8.50. The highest BCUT2D eigenvalue weighted by Crippen LogP contribution is 2.36. The van der Waals surface area contributed by atoms with Gasteiger partial charge in [-0.25, -0.2) is 17.9 Å². The molecule has 3 N–H and O–H groups in total. The number of primary sulfonamides is 1. The van der Waals surface area contributed by atoms with Crippen molar-refractivity contribution in [1.82, 2.24) is 5.32 Å². The molecule has 0 amide bonds. The van der Waals surface area contributed by atoms with E-state index in [0.29, 0.717) is 28.7 Å². The van der Waals surface area contributed by atoms with Crippen LogP contribution < -0.4 is 10.5 Å². The molecule has 0 unspecified atom stereocenters. The third kappa shape index (κ3) is 4.69. The number of nitrogens with two attached hydrogens (primary N) is 1. The molecule has 1 saturated carbocycles. The van der Waals surface area contributed by atoms with Gasteiger partial charge in [-0.2, -0.15) is 5.26 Å². The maximum absolute atomic E-state index is 14.8. The second-order valence-electron chi connectivity index (χ2n) is 8.49. The van der Waals surface area contributed by atoms with E-state index in [9.17, 15) is 22.9 Å². The number of rotatable bonds is 7. The summed E-state index contributed by atoms with van der Waals surface area (Å²) < 4.78 is 37.9. The summed E-state index contributed by atoms with van der Waals surface area (Å²) in [5.41, 5.74) is 1.38. The van der Waals surface area contributed by atoms with Crippen LogP contribution in [0.4, 0.5) is 4.39 Å². The Morgan fingerprint density at radius 2 is 2.00 bits per heavy atom. The van der Waals surface area contributed by atoms with Gasteiger partial charge in [0.25, 0.3) is 0 Å². The second-order valence-corrected chi connectivity index (χ2v) is 10.1. The largest absolute Gasteiger partial charge is 0.304 e. The highest BCUT2D eigenvalue weighted by molar-refractivity contribution is 7.89. The predicted octanol–water partition coefficient (Wildman–Crippen LogP) is 2.92. The fourth-order valence-electron chi connectivity index (χ4n) is 4.76. The molecule has 2 aromatic rings. The van der Waals surface area contributed by atoms with Gasteiger partial charge in [0.05, 0.1) is 22.9 Å². The number of carbonyl (C=O) groups is 1. The van der Waals surface area contributed by atoms with Crippen LogP contribution in [0.1, 0.15) is 31.2 Å². The quantitative estimate of drug-likeness (QED) is 0.686. The molecular weight excluding hydrogens is 417 g/mol. The first-order chi connectivity index (χ1) is 14.7. The van der Waals surface area contributed by atoms with Crippen molar-refractivity contribution in [1.29, 1.82) is 5.26 Å². The number of piperidine rings is 1. The van der Waals surface area contributed by atoms with E-state index in [0.717, 1.165) is 19.3 Å². The van der Waals surface area contributed by atoms with E-state index in [-0.39, 0.29) is 29.6 Å². The smallest absolute Gasteiger partial charge is 0.238 e. The van der Waals surface area contributed by atoms with E-state index in [1.54, 1.807) is 24.3 Å². The van der Waals surface area contributed by atoms with Crippen LogP contribution in [0.5, 0.6) is 0 Å². The van der Waals surface area contributed by atoms with Gasteiger partial charge in [-0.15, -0.1) is 0 Å². The van der Waals surface area contributed by atoms with Crippen LogP contribution in [0.15, 0.2) is 47.4 Å². The molecule has 8 heteroatoms. The molecule has 2 fully saturated rings. The van der Waals surface area contributed by atoms with E-state index in [1.807, 2.05) is 0 Å². The van der Waals surface area contributed by atoms with Gasteiger partial charge in [0.1, 0.15) is 5.82 Å². The molecular formula is C23H24FN3O3S. The average molecular weight is 442 g/mol. The van der Waals surface area contributed by atoms with E-state index < -0.39 is 21.8 Å². The van der Waals surface area contributed by atoms with Crippen molar-refractivity contribution in [2.24, 2.45) is 17.0 Å². The standard InChI is InChI=1S/C23H24FN3O3S/c24-21-12-16(15-2-1-3-20(11-15)31(26,29)30)4-5-17(21)8-14(13-25)9-22(28)23-18-6-7-19(10-18)27-23/h1-5,11-12,14,18-19,23,27H,6-10H2,(H2,26,29,30)/t14-,18+,19-,23+/m1/s1. The molecule has 4 rings (SSSR count). The topological polar surface area (TPSA) is 113 Å². The number of carbonyl (C=O) groups excluding carboxylic acids is 1. The third-order valence-electron chi connectivity index (χ3n) is 6.35. The summed E-state index contributed by atoms with van der Waals surface area (Å²) in [6.07, 6.45) is 3.43. The molecule has 162 valence electrons. The van der Waals surface area contributed by atoms with Crippen molar-refractivity contribution in [3.05, 3.63) is 53.8 Å². The minimum atomic E-state index is -3.86. The number of benzene rings is 2. The molecule has 0 spiro atoms. The van der Waals surface area contributed by atoms with Crippen molar-refractivity contribution >= 4 is 15.8 Å². The first kappa shape index (κ1) is 21.6. The average Bonchev–Trinajstić information content (AvgIpc) is 3.37. The Morgan fingerprint density at radius 3 is 2.61 bits per heavy atom. The first-order valence-corrected chi connectivity index (χ1v) is 11.9. The summed E-state index contributed by atoms with van der Waals surface area (Å²) in [5.74, 6) is -0.694. The third-order valence-corrected chi connectivity index (χ3v) is 7.26. The lowest BCUT2D eigenvalue weighted by Crippen LogP contribution is -2.42. The summed E-state index contributed by atoms with van der Waals surface area (Å²) in [5, 5.41) is 18.0. The SMILES string of the molecule is N#C[C@@H](CC(=O)[C@H]1N[C@@H]2CC[C@H]1C2)Cc1ccc(-c2cccc(S(N)(=O)=O)c2)cc1F. The molecule has 0 aromatic heterocycles. The summed E-state index contributed by atoms with van der Waals surface area (Å²) >= 11 is 0. The Bertz CT molecular complexity index is 1160. The number of fused-ring (bicyclic) bond motifs is 2. The van der Waals surface area contributed by atoms with Crippen LogP contribution in [-0.2, 0) is 21.2 Å². The van der Waals surface area contributed by atoms with E-state index >= 15 is 0 Å². The molecule has 2 aliphatic rings. The lowest BCUT2D eigenvalue weighted by atomic mass is 9.88. The van der Waals surface area contributed by atoms with Gasteiger partial charge in [-0.3, -0.25) is 4.79 Å². The molecule has 1 saturated heterocycles. The van der Waals surface area contributed by atoms with Gasteiger partial charge in [-0.05, 0) is 66.5 Å². The Balaban J connectivity index is 1.46. The maximum Gasteiger partial charge on any atom is 0.238 e. The highest BCUT2D eigenvalue weighted by Gasteiger charge is 2.42. The monoisotopic (exact) mass is 441 g/mol. The van der Waals surface area contributed by atoms with Crippen molar-refractivity contribution in [2.75, 3.05) is 0 Å². The number of halogens is 1. The number of nitriles is 1. The van der Waals surface area contributed by atoms with Gasteiger partial charge in [-0.1, -0.05) is 24.3 Å². The number of nitrogens with one attached hydrogen (secondary N) is 1. The van der Waals surface area contributed by atoms with Gasteiger partial charge >= 0.3 is 0 Å². The van der Waals surface area contributed by atoms with E-state index in [4.69, 9.17) is 5.14 Å². The van der Waals surface area contributed by atoms with Crippen LogP contribution in [0.2, 0.25) is 0 Å². The summed E-state index contributed by atoms with van der Waals surface area (Å²) in [6.45, 7) is 0. The Kier molecular flexibility index (Phi) is 5.93. The maximum atomic E-state index is 14.8. The van der Waals surface area contributed by atoms with Crippen LogP contribution in [0, 0.1) is 29.0 Å². The zero-order chi connectivity index (χ0) is 22.2. The zero-order valence-corrected chi connectivity index (χ0v) is 17.7. The number of nitrogens with zero attached hydrogens (tertiary/aromatic N) is 1. The number of sulfonamides is 1. The minimum Gasteiger partial charge on any atom is -0.304 e. The number of hydrogen-bond acceptors (Lipinski definition) is 5. The van der Waals surface area contributed by atoms with E-state index in [2.05, 4.69) is 11.4 Å². The summed E-state index contributed by atoms with van der Waals surface area (Å²) in [6, 6.07) is 12.9. The Morgan fingerprint density at radius 1 is 1.23 bits per heavy atom. The molecule has 31 heavy (non-hydrogen) atoms. The van der Waals surface area contributed by atoms with Gasteiger partial charge < -0.3 is 5.32 Å². The lowest BCUT2D eigenvalue weighted by molar-refractivity contribution is -0.122. The van der Waals surface area contributed by atoms with Gasteiger partial charge in [0.15, 0.2) is 5.78 Å². The van der Waals surface area contributed by atoms with Gasteiger partial charge in [0, 0.05) is 12.5 Å². The van der Waals surface area contributed by atoms with E-state index in [1.165, 1.54) is 18.2 Å². The normalized spacial score (nSPS) is 23.5. The van der Waals surface area contributed by atoms with Gasteiger partial charge in [0.2, 0.25) is 10.0 Å². The fraction of sp³-hybridized carbons (Fsp3) is 0.391. The molecule has 1 aliphatic carbocycles. The predicted molar refractivity (Wildman–Crippen MR) is 114 cm³/mol. The van der Waals surface area contributed by atoms with Crippen LogP contribution in [0.25, 0.3) is 11.1 Å². The fourth-order valence-corrected chi connectivity index (χ4v) is 5.32. The van der Waals surface area contributed by atoms with Crippen molar-refractivity contribution < 1.29 is 17.6 Å². The van der Waals surface area contributed by atoms with Crippen molar-refractivity contribution in [3.8, 4) is 17.2 Å². The van der Waals surface area contributed by atoms with Crippen molar-refractivity contribution in [3.63, 3.8) is 0 Å². The van der Waals surface area contributed by atoms with Crippen molar-refractivity contribution in [2.45, 2.75) is 49.1 Å². The minimum absolute atomic E-state index is 0.0376. The number of Topliss-reactive ketones (excluding diaryl/α,β-unsaturated/α-hetero) is 1. The van der Waals surface area contributed by atoms with Crippen LogP contribution in [-0.4, -0.2) is 26.3 Å². The molecule has 6 nitrogen and oxygen atoms in total. The lowest BCUT2D eigenvalue weighted by Gasteiger charge is -2.22. The molecule has 2 aromatic carbocycles.